The molecule has 1 aliphatic rings. The van der Waals surface area contributed by atoms with Crippen LogP contribution in [0.25, 0.3) is 16.8 Å². The van der Waals surface area contributed by atoms with Gasteiger partial charge in [-0.1, -0.05) is 71.9 Å². The van der Waals surface area contributed by atoms with Crippen molar-refractivity contribution in [2.75, 3.05) is 0 Å². The van der Waals surface area contributed by atoms with Crippen molar-refractivity contribution in [3.05, 3.63) is 102 Å². The molecule has 0 saturated carbocycles. The average Bonchev–Trinajstić information content (AvgIpc) is 3.20. The fourth-order valence-corrected chi connectivity index (χ4v) is 3.98. The largest absolute Gasteiger partial charge is 0.332 e. The molecule has 5 heteroatoms. The van der Waals surface area contributed by atoms with E-state index in [4.69, 9.17) is 0 Å². The molecule has 3 aromatic carbocycles. The van der Waals surface area contributed by atoms with Crippen molar-refractivity contribution in [3.8, 4) is 16.8 Å². The molecule has 1 aromatic heterocycles. The standard InChI is InChI=1S/C25H22N4O/c30-25(14-11-19-7-3-1-4-8-19)28-17-22-15-21(20-9-5-2-6-10-20)12-13-24(22)29-23(18-28)16-26-27-29/h1-10,12-13,15-16H,11,14,17-18H2. The van der Waals surface area contributed by atoms with E-state index in [2.05, 4.69) is 52.8 Å². The van der Waals surface area contributed by atoms with Gasteiger partial charge in [0.1, 0.15) is 0 Å². The third-order valence-electron chi connectivity index (χ3n) is 5.57. The summed E-state index contributed by atoms with van der Waals surface area (Å²) in [6.45, 7) is 1.07. The first-order valence-electron chi connectivity index (χ1n) is 10.2. The number of benzene rings is 3. The third kappa shape index (κ3) is 3.62. The molecule has 0 fully saturated rings. The van der Waals surface area contributed by atoms with Crippen molar-refractivity contribution >= 4 is 5.91 Å². The molecule has 30 heavy (non-hydrogen) atoms. The summed E-state index contributed by atoms with van der Waals surface area (Å²) in [4.78, 5) is 15.0. The SMILES string of the molecule is O=C(CCc1ccccc1)N1Cc2cc(-c3ccccc3)ccc2-n2nncc2C1. The number of rotatable bonds is 4. The van der Waals surface area contributed by atoms with Gasteiger partial charge in [0.25, 0.3) is 0 Å². The van der Waals surface area contributed by atoms with E-state index in [-0.39, 0.29) is 5.91 Å². The second-order valence-electron chi connectivity index (χ2n) is 7.58. The fourth-order valence-electron chi connectivity index (χ4n) is 3.98. The van der Waals surface area contributed by atoms with E-state index in [0.29, 0.717) is 19.5 Å². The summed E-state index contributed by atoms with van der Waals surface area (Å²) in [6.07, 6.45) is 2.97. The smallest absolute Gasteiger partial charge is 0.223 e. The van der Waals surface area contributed by atoms with Gasteiger partial charge in [0.2, 0.25) is 5.91 Å². The summed E-state index contributed by atoms with van der Waals surface area (Å²) in [7, 11) is 0. The Balaban J connectivity index is 1.45. The molecule has 0 radical (unpaired) electrons. The van der Waals surface area contributed by atoms with Crippen molar-refractivity contribution in [3.63, 3.8) is 0 Å². The van der Waals surface area contributed by atoms with Gasteiger partial charge in [-0.05, 0) is 40.8 Å². The van der Waals surface area contributed by atoms with Crippen LogP contribution in [0.5, 0.6) is 0 Å². The molecule has 1 amide bonds. The highest BCUT2D eigenvalue weighted by Crippen LogP contribution is 2.29. The maximum Gasteiger partial charge on any atom is 0.223 e. The maximum absolute atomic E-state index is 13.1. The summed E-state index contributed by atoms with van der Waals surface area (Å²) in [5.74, 6) is 0.143. The zero-order chi connectivity index (χ0) is 20.3. The lowest BCUT2D eigenvalue weighted by Gasteiger charge is -2.21. The Morgan fingerprint density at radius 3 is 2.43 bits per heavy atom. The van der Waals surface area contributed by atoms with Gasteiger partial charge in [-0.3, -0.25) is 4.79 Å². The van der Waals surface area contributed by atoms with Crippen LogP contribution in [-0.4, -0.2) is 25.8 Å². The van der Waals surface area contributed by atoms with E-state index >= 15 is 0 Å². The number of aromatic nitrogens is 3. The second-order valence-corrected chi connectivity index (χ2v) is 7.58. The Morgan fingerprint density at radius 1 is 0.867 bits per heavy atom. The summed E-state index contributed by atoms with van der Waals surface area (Å²) >= 11 is 0. The van der Waals surface area contributed by atoms with Gasteiger partial charge >= 0.3 is 0 Å². The first kappa shape index (κ1) is 18.3. The van der Waals surface area contributed by atoms with E-state index < -0.39 is 0 Å². The van der Waals surface area contributed by atoms with Crippen LogP contribution in [-0.2, 0) is 24.3 Å². The minimum Gasteiger partial charge on any atom is -0.332 e. The predicted octanol–water partition coefficient (Wildman–Crippen LogP) is 4.41. The molecular weight excluding hydrogens is 372 g/mol. The Morgan fingerprint density at radius 2 is 1.63 bits per heavy atom. The molecule has 5 rings (SSSR count). The molecule has 1 aliphatic heterocycles. The van der Waals surface area contributed by atoms with Crippen LogP contribution in [0.4, 0.5) is 0 Å². The topological polar surface area (TPSA) is 51.0 Å². The van der Waals surface area contributed by atoms with Crippen molar-refractivity contribution in [1.82, 2.24) is 19.9 Å². The normalized spacial score (nSPS) is 12.7. The van der Waals surface area contributed by atoms with Crippen LogP contribution in [0, 0.1) is 0 Å². The first-order valence-corrected chi connectivity index (χ1v) is 10.2. The Bertz CT molecular complexity index is 1170. The third-order valence-corrected chi connectivity index (χ3v) is 5.57. The van der Waals surface area contributed by atoms with Crippen LogP contribution in [0.2, 0.25) is 0 Å². The van der Waals surface area contributed by atoms with Crippen LogP contribution >= 0.6 is 0 Å². The number of nitrogens with zero attached hydrogens (tertiary/aromatic N) is 4. The van der Waals surface area contributed by atoms with E-state index in [1.165, 1.54) is 5.56 Å². The minimum atomic E-state index is 0.143. The maximum atomic E-state index is 13.1. The lowest BCUT2D eigenvalue weighted by atomic mass is 10.0. The van der Waals surface area contributed by atoms with Gasteiger partial charge in [0, 0.05) is 13.0 Å². The summed E-state index contributed by atoms with van der Waals surface area (Å²) in [5, 5.41) is 8.36. The van der Waals surface area contributed by atoms with Gasteiger partial charge < -0.3 is 4.90 Å². The minimum absolute atomic E-state index is 0.143. The number of hydrogen-bond donors (Lipinski definition) is 0. The molecule has 0 aliphatic carbocycles. The number of hydrogen-bond acceptors (Lipinski definition) is 3. The van der Waals surface area contributed by atoms with Crippen molar-refractivity contribution in [2.24, 2.45) is 0 Å². The quantitative estimate of drug-likeness (QED) is 0.515. The molecule has 2 heterocycles. The molecule has 0 N–H and O–H groups in total. The molecular formula is C25H22N4O. The van der Waals surface area contributed by atoms with Crippen LogP contribution < -0.4 is 0 Å². The van der Waals surface area contributed by atoms with Gasteiger partial charge in [-0.2, -0.15) is 0 Å². The molecule has 0 saturated heterocycles. The monoisotopic (exact) mass is 394 g/mol. The van der Waals surface area contributed by atoms with Crippen LogP contribution in [0.3, 0.4) is 0 Å². The molecule has 4 aromatic rings. The summed E-state index contributed by atoms with van der Waals surface area (Å²) in [6, 6.07) is 26.8. The van der Waals surface area contributed by atoms with Gasteiger partial charge in [0.05, 0.1) is 24.1 Å². The zero-order valence-corrected chi connectivity index (χ0v) is 16.6. The second kappa shape index (κ2) is 7.95. The Hall–Kier alpha value is -3.73. The van der Waals surface area contributed by atoms with E-state index in [1.54, 1.807) is 6.20 Å². The number of amides is 1. The molecule has 0 unspecified atom stereocenters. The zero-order valence-electron chi connectivity index (χ0n) is 16.6. The highest BCUT2D eigenvalue weighted by atomic mass is 16.2. The Labute approximate surface area is 175 Å². The number of fused-ring (bicyclic) bond motifs is 3. The molecule has 0 bridgehead atoms. The van der Waals surface area contributed by atoms with Crippen molar-refractivity contribution in [1.29, 1.82) is 0 Å². The first-order chi connectivity index (χ1) is 14.8. The van der Waals surface area contributed by atoms with Crippen LogP contribution in [0.15, 0.2) is 85.1 Å². The predicted molar refractivity (Wildman–Crippen MR) is 116 cm³/mol. The average molecular weight is 394 g/mol. The van der Waals surface area contributed by atoms with Crippen molar-refractivity contribution in [2.45, 2.75) is 25.9 Å². The Kier molecular flexibility index (Phi) is 4.85. The van der Waals surface area contributed by atoms with E-state index in [9.17, 15) is 4.79 Å². The van der Waals surface area contributed by atoms with E-state index in [0.717, 1.165) is 34.5 Å². The lowest BCUT2D eigenvalue weighted by Crippen LogP contribution is -2.29. The fraction of sp³-hybridized carbons (Fsp3) is 0.160. The summed E-state index contributed by atoms with van der Waals surface area (Å²) in [5.41, 5.74) is 6.46. The summed E-state index contributed by atoms with van der Waals surface area (Å²) < 4.78 is 1.86. The molecule has 148 valence electrons. The van der Waals surface area contributed by atoms with Gasteiger partial charge in [-0.25, -0.2) is 4.68 Å². The van der Waals surface area contributed by atoms with Crippen LogP contribution in [0.1, 0.15) is 23.2 Å². The molecule has 0 spiro atoms. The molecule has 0 atom stereocenters. The van der Waals surface area contributed by atoms with Crippen molar-refractivity contribution < 1.29 is 4.79 Å². The lowest BCUT2D eigenvalue weighted by molar-refractivity contribution is -0.132. The molecule has 5 nitrogen and oxygen atoms in total. The van der Waals surface area contributed by atoms with Gasteiger partial charge in [0.15, 0.2) is 0 Å². The van der Waals surface area contributed by atoms with Gasteiger partial charge in [-0.15, -0.1) is 5.10 Å². The number of aryl methyl sites for hydroxylation is 1. The van der Waals surface area contributed by atoms with E-state index in [1.807, 2.05) is 46.0 Å². The highest BCUT2D eigenvalue weighted by molar-refractivity contribution is 5.77. The highest BCUT2D eigenvalue weighted by Gasteiger charge is 2.24. The number of carbonyl (C=O) groups is 1. The number of carbonyl (C=O) groups excluding carboxylic acids is 1.